The molecule has 0 saturated carbocycles. The maximum atomic E-state index is 11.8. The van der Waals surface area contributed by atoms with E-state index in [1.54, 1.807) is 0 Å². The summed E-state index contributed by atoms with van der Waals surface area (Å²) < 4.78 is 0. The molecule has 0 amide bonds. The number of carbonyl (C=O) groups excluding carboxylic acids is 1. The van der Waals surface area contributed by atoms with Gasteiger partial charge < -0.3 is 0 Å². The highest BCUT2D eigenvalue weighted by Crippen LogP contribution is 2.27. The van der Waals surface area contributed by atoms with Gasteiger partial charge >= 0.3 is 0 Å². The van der Waals surface area contributed by atoms with Crippen molar-refractivity contribution in [2.45, 2.75) is 38.0 Å². The van der Waals surface area contributed by atoms with Crippen molar-refractivity contribution in [3.05, 3.63) is 29.3 Å². The van der Waals surface area contributed by atoms with Gasteiger partial charge in [0.2, 0.25) is 0 Å². The number of Topliss-reactive ketones (excluding diaryl/α,β-unsaturated/α-hetero) is 1. The van der Waals surface area contributed by atoms with Crippen LogP contribution in [0, 0.1) is 5.92 Å². The quantitative estimate of drug-likeness (QED) is 0.660. The van der Waals surface area contributed by atoms with Crippen LogP contribution in [0.4, 0.5) is 0 Å². The van der Waals surface area contributed by atoms with E-state index < -0.39 is 0 Å². The molecule has 1 rings (SSSR count). The Kier molecular flexibility index (Phi) is 6.68. The topological polar surface area (TPSA) is 17.1 Å². The minimum absolute atomic E-state index is 0.323. The highest BCUT2D eigenvalue weighted by molar-refractivity contribution is 8.00. The van der Waals surface area contributed by atoms with Crippen LogP contribution in [-0.4, -0.2) is 11.5 Å². The number of benzene rings is 1. The van der Waals surface area contributed by atoms with Gasteiger partial charge in [0, 0.05) is 11.3 Å². The van der Waals surface area contributed by atoms with E-state index in [0.29, 0.717) is 23.9 Å². The van der Waals surface area contributed by atoms with Crippen molar-refractivity contribution in [3.63, 3.8) is 0 Å². The average molecular weight is 271 g/mol. The van der Waals surface area contributed by atoms with E-state index in [4.69, 9.17) is 11.6 Å². The summed E-state index contributed by atoms with van der Waals surface area (Å²) in [5.41, 5.74) is 0. The smallest absolute Gasteiger partial charge is 0.143 e. The van der Waals surface area contributed by atoms with Crippen molar-refractivity contribution in [1.29, 1.82) is 0 Å². The minimum atomic E-state index is 0.323. The number of rotatable bonds is 7. The zero-order valence-corrected chi connectivity index (χ0v) is 12.0. The van der Waals surface area contributed by atoms with Crippen LogP contribution in [0.3, 0.4) is 0 Å². The second-order valence-corrected chi connectivity index (χ2v) is 5.57. The average Bonchev–Trinajstić information content (AvgIpc) is 2.35. The zero-order chi connectivity index (χ0) is 12.7. The first-order chi connectivity index (χ1) is 8.17. The summed E-state index contributed by atoms with van der Waals surface area (Å²) in [4.78, 5) is 12.8. The van der Waals surface area contributed by atoms with E-state index in [2.05, 4.69) is 13.8 Å². The second kappa shape index (κ2) is 7.78. The first kappa shape index (κ1) is 14.6. The molecule has 0 saturated heterocycles. The number of carbonyl (C=O) groups is 1. The fourth-order valence-electron chi connectivity index (χ4n) is 1.68. The third-order valence-electron chi connectivity index (χ3n) is 2.90. The van der Waals surface area contributed by atoms with E-state index in [1.807, 2.05) is 24.3 Å². The van der Waals surface area contributed by atoms with E-state index in [0.717, 1.165) is 22.8 Å². The summed E-state index contributed by atoms with van der Waals surface area (Å²) in [7, 11) is 0. The Hall–Kier alpha value is -0.470. The van der Waals surface area contributed by atoms with Gasteiger partial charge in [-0.15, -0.1) is 11.8 Å². The van der Waals surface area contributed by atoms with Crippen LogP contribution in [0.1, 0.15) is 33.1 Å². The molecule has 3 heteroatoms. The Bertz CT molecular complexity index is 361. The fraction of sp³-hybridized carbons (Fsp3) is 0.500. The fourth-order valence-corrected chi connectivity index (χ4v) is 2.79. The lowest BCUT2D eigenvalue weighted by Crippen LogP contribution is -2.09. The van der Waals surface area contributed by atoms with Gasteiger partial charge in [0.05, 0.1) is 10.8 Å². The predicted octanol–water partition coefficient (Wildman–Crippen LogP) is 4.83. The lowest BCUT2D eigenvalue weighted by Gasteiger charge is -2.10. The Labute approximate surface area is 113 Å². The van der Waals surface area contributed by atoms with Gasteiger partial charge in [0.15, 0.2) is 0 Å². The Balaban J connectivity index is 2.41. The van der Waals surface area contributed by atoms with Gasteiger partial charge in [0.1, 0.15) is 5.78 Å². The van der Waals surface area contributed by atoms with Gasteiger partial charge in [0.25, 0.3) is 0 Å². The molecular weight excluding hydrogens is 252 g/mol. The molecule has 0 fully saturated rings. The summed E-state index contributed by atoms with van der Waals surface area (Å²) in [6.45, 7) is 4.28. The summed E-state index contributed by atoms with van der Waals surface area (Å²) in [5, 5.41) is 0.729. The molecule has 0 aliphatic carbocycles. The first-order valence-corrected chi connectivity index (χ1v) is 7.42. The van der Waals surface area contributed by atoms with Crippen LogP contribution < -0.4 is 0 Å². The largest absolute Gasteiger partial charge is 0.299 e. The van der Waals surface area contributed by atoms with Gasteiger partial charge in [-0.2, -0.15) is 0 Å². The molecule has 1 aromatic carbocycles. The molecule has 0 unspecified atom stereocenters. The number of halogens is 1. The van der Waals surface area contributed by atoms with Crippen molar-refractivity contribution in [2.75, 3.05) is 5.75 Å². The Morgan fingerprint density at radius 2 is 1.94 bits per heavy atom. The maximum absolute atomic E-state index is 11.8. The molecule has 1 nitrogen and oxygen atoms in total. The van der Waals surface area contributed by atoms with Crippen molar-refractivity contribution >= 4 is 29.1 Å². The molecule has 0 bridgehead atoms. The first-order valence-electron chi connectivity index (χ1n) is 6.06. The molecule has 0 aliphatic rings. The molecule has 0 spiro atoms. The number of hydrogen-bond donors (Lipinski definition) is 0. The lowest BCUT2D eigenvalue weighted by molar-refractivity contribution is -0.117. The van der Waals surface area contributed by atoms with Crippen molar-refractivity contribution < 1.29 is 4.79 Å². The molecule has 0 atom stereocenters. The van der Waals surface area contributed by atoms with Crippen LogP contribution in [0.25, 0.3) is 0 Å². The van der Waals surface area contributed by atoms with Gasteiger partial charge in [-0.3, -0.25) is 4.79 Å². The summed E-state index contributed by atoms with van der Waals surface area (Å²) in [5.74, 6) is 1.39. The third kappa shape index (κ3) is 5.13. The molecule has 1 aromatic rings. The third-order valence-corrected chi connectivity index (χ3v) is 4.47. The van der Waals surface area contributed by atoms with E-state index in [9.17, 15) is 4.79 Å². The van der Waals surface area contributed by atoms with E-state index in [-0.39, 0.29) is 0 Å². The number of thioether (sulfide) groups is 1. The van der Waals surface area contributed by atoms with Gasteiger partial charge in [-0.25, -0.2) is 0 Å². The maximum Gasteiger partial charge on any atom is 0.143 e. The van der Waals surface area contributed by atoms with E-state index >= 15 is 0 Å². The van der Waals surface area contributed by atoms with Crippen molar-refractivity contribution in [2.24, 2.45) is 5.92 Å². The molecule has 0 aromatic heterocycles. The van der Waals surface area contributed by atoms with Crippen molar-refractivity contribution in [3.8, 4) is 0 Å². The summed E-state index contributed by atoms with van der Waals surface area (Å²) in [6, 6.07) is 7.66. The van der Waals surface area contributed by atoms with Gasteiger partial charge in [-0.05, 0) is 18.1 Å². The molecule has 0 heterocycles. The zero-order valence-electron chi connectivity index (χ0n) is 10.4. The molecule has 0 aliphatic heterocycles. The summed E-state index contributed by atoms with van der Waals surface area (Å²) >= 11 is 7.57. The second-order valence-electron chi connectivity index (χ2n) is 4.14. The molecule has 17 heavy (non-hydrogen) atoms. The summed E-state index contributed by atoms with van der Waals surface area (Å²) in [6.07, 6.45) is 2.86. The highest BCUT2D eigenvalue weighted by atomic mass is 35.5. The van der Waals surface area contributed by atoms with Crippen LogP contribution in [-0.2, 0) is 4.79 Å². The predicted molar refractivity (Wildman–Crippen MR) is 75.9 cm³/mol. The SMILES string of the molecule is CCC(CC)CC(=O)CSc1ccccc1Cl. The number of ketones is 1. The van der Waals surface area contributed by atoms with Crippen LogP contribution in [0.5, 0.6) is 0 Å². The molecule has 0 radical (unpaired) electrons. The van der Waals surface area contributed by atoms with Crippen LogP contribution in [0.15, 0.2) is 29.2 Å². The minimum Gasteiger partial charge on any atom is -0.299 e. The van der Waals surface area contributed by atoms with Crippen LogP contribution >= 0.6 is 23.4 Å². The van der Waals surface area contributed by atoms with Gasteiger partial charge in [-0.1, -0.05) is 50.4 Å². The molecule has 0 N–H and O–H groups in total. The number of hydrogen-bond acceptors (Lipinski definition) is 2. The lowest BCUT2D eigenvalue weighted by atomic mass is 9.98. The highest BCUT2D eigenvalue weighted by Gasteiger charge is 2.11. The monoisotopic (exact) mass is 270 g/mol. The molecular formula is C14H19ClOS. The van der Waals surface area contributed by atoms with Crippen molar-refractivity contribution in [1.82, 2.24) is 0 Å². The Morgan fingerprint density at radius 1 is 1.29 bits per heavy atom. The normalized spacial score (nSPS) is 10.8. The van der Waals surface area contributed by atoms with E-state index in [1.165, 1.54) is 11.8 Å². The standard InChI is InChI=1S/C14H19ClOS/c1-3-11(4-2)9-12(16)10-17-14-8-6-5-7-13(14)15/h5-8,11H,3-4,9-10H2,1-2H3. The Morgan fingerprint density at radius 3 is 2.53 bits per heavy atom. The van der Waals surface area contributed by atoms with Crippen LogP contribution in [0.2, 0.25) is 5.02 Å². The molecule has 94 valence electrons.